The van der Waals surface area contributed by atoms with Crippen LogP contribution in [0, 0.1) is 5.92 Å². The molecule has 1 heterocycles. The van der Waals surface area contributed by atoms with Gasteiger partial charge in [0.25, 0.3) is 11.8 Å². The van der Waals surface area contributed by atoms with E-state index in [1.165, 1.54) is 43.4 Å². The lowest BCUT2D eigenvalue weighted by atomic mass is 9.95. The van der Waals surface area contributed by atoms with Gasteiger partial charge in [-0.25, -0.2) is 0 Å². The van der Waals surface area contributed by atoms with Gasteiger partial charge in [0, 0.05) is 6.54 Å². The topological polar surface area (TPSA) is 37.4 Å². The number of nitrogens with zero attached hydrogens (tertiary/aromatic N) is 1. The minimum absolute atomic E-state index is 0.114. The third kappa shape index (κ3) is 3.02. The Morgan fingerprint density at radius 1 is 0.905 bits per heavy atom. The predicted molar refractivity (Wildman–Crippen MR) is 82.2 cm³/mol. The van der Waals surface area contributed by atoms with Crippen molar-refractivity contribution < 1.29 is 9.59 Å². The van der Waals surface area contributed by atoms with Crippen LogP contribution in [0.25, 0.3) is 0 Å². The molecule has 0 bridgehead atoms. The number of carbonyl (C=O) groups excluding carboxylic acids is 2. The van der Waals surface area contributed by atoms with E-state index in [0.717, 1.165) is 18.8 Å². The van der Waals surface area contributed by atoms with E-state index in [9.17, 15) is 9.59 Å². The van der Waals surface area contributed by atoms with E-state index in [1.54, 1.807) is 12.1 Å². The van der Waals surface area contributed by atoms with Crippen molar-refractivity contribution in [3.05, 3.63) is 35.4 Å². The second-order valence-corrected chi connectivity index (χ2v) is 6.31. The summed E-state index contributed by atoms with van der Waals surface area (Å²) in [5.41, 5.74) is 1.13. The van der Waals surface area contributed by atoms with Gasteiger partial charge in [0.2, 0.25) is 0 Å². The van der Waals surface area contributed by atoms with E-state index >= 15 is 0 Å². The number of imide groups is 1. The molecule has 0 N–H and O–H groups in total. The van der Waals surface area contributed by atoms with E-state index in [4.69, 9.17) is 0 Å². The molecule has 1 aromatic carbocycles. The van der Waals surface area contributed by atoms with Crippen LogP contribution in [0.2, 0.25) is 0 Å². The van der Waals surface area contributed by atoms with Gasteiger partial charge in [-0.15, -0.1) is 0 Å². The van der Waals surface area contributed by atoms with Crippen LogP contribution in [0.5, 0.6) is 0 Å². The Morgan fingerprint density at radius 2 is 1.48 bits per heavy atom. The van der Waals surface area contributed by atoms with Gasteiger partial charge >= 0.3 is 0 Å². The summed E-state index contributed by atoms with van der Waals surface area (Å²) in [4.78, 5) is 25.9. The molecule has 0 radical (unpaired) electrons. The Balaban J connectivity index is 1.54. The summed E-state index contributed by atoms with van der Waals surface area (Å²) in [7, 11) is 0. The van der Waals surface area contributed by atoms with Crippen LogP contribution in [0.4, 0.5) is 0 Å². The van der Waals surface area contributed by atoms with Crippen molar-refractivity contribution in [2.75, 3.05) is 6.54 Å². The molecule has 1 aromatic rings. The van der Waals surface area contributed by atoms with Gasteiger partial charge in [-0.2, -0.15) is 0 Å². The van der Waals surface area contributed by atoms with Gasteiger partial charge in [0.15, 0.2) is 0 Å². The molecule has 0 aromatic heterocycles. The molecule has 2 aliphatic rings. The van der Waals surface area contributed by atoms with E-state index in [-0.39, 0.29) is 11.8 Å². The monoisotopic (exact) mass is 285 g/mol. The van der Waals surface area contributed by atoms with Gasteiger partial charge in [-0.3, -0.25) is 14.5 Å². The minimum Gasteiger partial charge on any atom is -0.274 e. The summed E-state index contributed by atoms with van der Waals surface area (Å²) >= 11 is 0. The normalized spacial score (nSPS) is 19.7. The summed E-state index contributed by atoms with van der Waals surface area (Å²) in [6, 6.07) is 7.14. The van der Waals surface area contributed by atoms with E-state index in [0.29, 0.717) is 17.7 Å². The van der Waals surface area contributed by atoms with Crippen LogP contribution >= 0.6 is 0 Å². The molecule has 1 aliphatic carbocycles. The fraction of sp³-hybridized carbons (Fsp3) is 0.556. The first-order valence-electron chi connectivity index (χ1n) is 8.22. The lowest BCUT2D eigenvalue weighted by molar-refractivity contribution is 0.0649. The molecule has 2 amide bonds. The van der Waals surface area contributed by atoms with Crippen LogP contribution in [-0.4, -0.2) is 23.3 Å². The molecule has 0 spiro atoms. The van der Waals surface area contributed by atoms with Gasteiger partial charge < -0.3 is 0 Å². The molecule has 1 saturated carbocycles. The van der Waals surface area contributed by atoms with Gasteiger partial charge in [0.05, 0.1) is 11.1 Å². The first-order valence-corrected chi connectivity index (χ1v) is 8.22. The Hall–Kier alpha value is -1.64. The molecule has 112 valence electrons. The van der Waals surface area contributed by atoms with Crippen molar-refractivity contribution in [1.29, 1.82) is 0 Å². The molecular formula is C18H23NO2. The molecule has 3 heteroatoms. The fourth-order valence-corrected chi connectivity index (χ4v) is 3.63. The smallest absolute Gasteiger partial charge is 0.261 e. The van der Waals surface area contributed by atoms with Crippen molar-refractivity contribution in [1.82, 2.24) is 4.90 Å². The number of fused-ring (bicyclic) bond motifs is 1. The summed E-state index contributed by atoms with van der Waals surface area (Å²) < 4.78 is 0. The Kier molecular flexibility index (Phi) is 4.37. The van der Waals surface area contributed by atoms with Crippen molar-refractivity contribution >= 4 is 11.8 Å². The molecule has 1 fully saturated rings. The zero-order valence-corrected chi connectivity index (χ0v) is 12.5. The van der Waals surface area contributed by atoms with Crippen molar-refractivity contribution in [3.63, 3.8) is 0 Å². The van der Waals surface area contributed by atoms with Gasteiger partial charge in [0.1, 0.15) is 0 Å². The number of hydrogen-bond donors (Lipinski definition) is 0. The SMILES string of the molecule is O=C1c2ccccc2C(=O)N1CCCC1CCCCCC1. The minimum atomic E-state index is -0.114. The second kappa shape index (κ2) is 6.42. The van der Waals surface area contributed by atoms with E-state index in [2.05, 4.69) is 0 Å². The predicted octanol–water partition coefficient (Wildman–Crippen LogP) is 4.03. The number of rotatable bonds is 4. The largest absolute Gasteiger partial charge is 0.274 e. The molecule has 1 aliphatic heterocycles. The highest BCUT2D eigenvalue weighted by Crippen LogP contribution is 2.27. The van der Waals surface area contributed by atoms with E-state index < -0.39 is 0 Å². The van der Waals surface area contributed by atoms with Gasteiger partial charge in [-0.05, 0) is 30.9 Å². The summed E-state index contributed by atoms with van der Waals surface area (Å²) in [6.45, 7) is 0.572. The van der Waals surface area contributed by atoms with Crippen LogP contribution < -0.4 is 0 Å². The molecular weight excluding hydrogens is 262 g/mol. The third-order valence-electron chi connectivity index (χ3n) is 4.85. The molecule has 3 rings (SSSR count). The highest BCUT2D eigenvalue weighted by molar-refractivity contribution is 6.21. The standard InChI is InChI=1S/C18H23NO2/c20-17-15-11-5-6-12-16(15)18(21)19(17)13-7-10-14-8-3-1-2-4-9-14/h5-6,11-12,14H,1-4,7-10,13H2. The van der Waals surface area contributed by atoms with E-state index in [1.807, 2.05) is 12.1 Å². The molecule has 3 nitrogen and oxygen atoms in total. The molecule has 0 atom stereocenters. The zero-order chi connectivity index (χ0) is 14.7. The zero-order valence-electron chi connectivity index (χ0n) is 12.5. The van der Waals surface area contributed by atoms with Crippen LogP contribution in [0.15, 0.2) is 24.3 Å². The van der Waals surface area contributed by atoms with Crippen LogP contribution in [-0.2, 0) is 0 Å². The Bertz CT molecular complexity index is 495. The third-order valence-corrected chi connectivity index (χ3v) is 4.85. The van der Waals surface area contributed by atoms with Crippen molar-refractivity contribution in [2.24, 2.45) is 5.92 Å². The fourth-order valence-electron chi connectivity index (χ4n) is 3.63. The Morgan fingerprint density at radius 3 is 2.05 bits per heavy atom. The molecule has 21 heavy (non-hydrogen) atoms. The maximum Gasteiger partial charge on any atom is 0.261 e. The van der Waals surface area contributed by atoms with Crippen molar-refractivity contribution in [2.45, 2.75) is 51.4 Å². The quantitative estimate of drug-likeness (QED) is 0.618. The molecule has 0 saturated heterocycles. The average Bonchev–Trinajstić information content (AvgIpc) is 2.70. The Labute approximate surface area is 126 Å². The lowest BCUT2D eigenvalue weighted by Crippen LogP contribution is -2.31. The molecule has 0 unspecified atom stereocenters. The maximum atomic E-state index is 12.2. The summed E-state index contributed by atoms with van der Waals surface area (Å²) in [5, 5.41) is 0. The number of amides is 2. The summed E-state index contributed by atoms with van der Waals surface area (Å²) in [5.74, 6) is 0.565. The van der Waals surface area contributed by atoms with Crippen LogP contribution in [0.3, 0.4) is 0 Å². The summed E-state index contributed by atoms with van der Waals surface area (Å²) in [6.07, 6.45) is 10.2. The maximum absolute atomic E-state index is 12.2. The number of carbonyl (C=O) groups is 2. The second-order valence-electron chi connectivity index (χ2n) is 6.31. The lowest BCUT2D eigenvalue weighted by Gasteiger charge is -2.17. The number of hydrogen-bond acceptors (Lipinski definition) is 2. The van der Waals surface area contributed by atoms with Gasteiger partial charge in [-0.1, -0.05) is 50.7 Å². The average molecular weight is 285 g/mol. The first-order chi connectivity index (χ1) is 10.3. The van der Waals surface area contributed by atoms with Crippen molar-refractivity contribution in [3.8, 4) is 0 Å². The highest BCUT2D eigenvalue weighted by atomic mass is 16.2. The highest BCUT2D eigenvalue weighted by Gasteiger charge is 2.34. The first kappa shape index (κ1) is 14.3. The number of benzene rings is 1. The van der Waals surface area contributed by atoms with Crippen LogP contribution in [0.1, 0.15) is 72.1 Å².